The van der Waals surface area contributed by atoms with Crippen LogP contribution in [0.1, 0.15) is 37.3 Å². The van der Waals surface area contributed by atoms with E-state index in [2.05, 4.69) is 5.32 Å². The van der Waals surface area contributed by atoms with E-state index in [1.54, 1.807) is 0 Å². The monoisotopic (exact) mass is 276 g/mol. The second-order valence-electron chi connectivity index (χ2n) is 5.52. The zero-order valence-corrected chi connectivity index (χ0v) is 12.3. The Balaban J connectivity index is 1.83. The Morgan fingerprint density at radius 1 is 1.45 bits per heavy atom. The van der Waals surface area contributed by atoms with Gasteiger partial charge >= 0.3 is 0 Å². The van der Waals surface area contributed by atoms with Gasteiger partial charge in [0.2, 0.25) is 5.91 Å². The van der Waals surface area contributed by atoms with Crippen molar-refractivity contribution in [2.45, 2.75) is 45.8 Å². The molecule has 0 aliphatic heterocycles. The first-order valence-corrected chi connectivity index (χ1v) is 7.33. The van der Waals surface area contributed by atoms with E-state index >= 15 is 0 Å². The topological polar surface area (TPSA) is 64.3 Å². The minimum atomic E-state index is 0.0854. The van der Waals surface area contributed by atoms with Crippen LogP contribution >= 0.6 is 0 Å². The molecule has 0 unspecified atom stereocenters. The van der Waals surface area contributed by atoms with Crippen molar-refractivity contribution in [3.8, 4) is 0 Å². The molecular formula is C16H24N2O2. The van der Waals surface area contributed by atoms with Crippen LogP contribution in [-0.2, 0) is 16.1 Å². The summed E-state index contributed by atoms with van der Waals surface area (Å²) in [6, 6.07) is 5.94. The summed E-state index contributed by atoms with van der Waals surface area (Å²) < 4.78 is 5.51. The van der Waals surface area contributed by atoms with Crippen molar-refractivity contribution in [3.63, 3.8) is 0 Å². The molecule has 1 amide bonds. The number of amides is 1. The third kappa shape index (κ3) is 3.81. The molecule has 4 heteroatoms. The fraction of sp³-hybridized carbons (Fsp3) is 0.562. The number of nitrogens with two attached hydrogens (primary N) is 1. The molecular weight excluding hydrogens is 252 g/mol. The lowest BCUT2D eigenvalue weighted by molar-refractivity contribution is -0.119. The molecule has 2 rings (SSSR count). The molecule has 0 radical (unpaired) electrons. The lowest BCUT2D eigenvalue weighted by Crippen LogP contribution is -2.33. The van der Waals surface area contributed by atoms with E-state index in [9.17, 15) is 4.79 Å². The highest BCUT2D eigenvalue weighted by molar-refractivity contribution is 5.91. The third-order valence-electron chi connectivity index (χ3n) is 3.88. The fourth-order valence-electron chi connectivity index (χ4n) is 2.61. The molecule has 0 aromatic heterocycles. The first-order chi connectivity index (χ1) is 9.62. The number of carbonyl (C=O) groups excluding carboxylic acids is 1. The maximum atomic E-state index is 12.0. The molecule has 1 aliphatic rings. The number of aryl methyl sites for hydroxylation is 1. The van der Waals surface area contributed by atoms with Crippen LogP contribution in [-0.4, -0.2) is 18.6 Å². The summed E-state index contributed by atoms with van der Waals surface area (Å²) in [7, 11) is 0. The number of carbonyl (C=O) groups is 1. The van der Waals surface area contributed by atoms with Gasteiger partial charge in [-0.3, -0.25) is 4.79 Å². The molecule has 0 spiro atoms. The number of ether oxygens (including phenoxy) is 1. The maximum Gasteiger partial charge on any atom is 0.224 e. The molecule has 0 heterocycles. The summed E-state index contributed by atoms with van der Waals surface area (Å²) in [5, 5.41) is 3.00. The standard InChI is InChI=1S/C16H24N2O2/c1-3-20-14-6-13(7-14)9-16(19)18-15-8-12(10-17)5-4-11(15)2/h4-5,8,13-14H,3,6-7,9-10,17H2,1-2H3,(H,18,19). The maximum absolute atomic E-state index is 12.0. The first-order valence-electron chi connectivity index (χ1n) is 7.33. The number of anilines is 1. The SMILES string of the molecule is CCOC1CC(CC(=O)Nc2cc(CN)ccc2C)C1. The lowest BCUT2D eigenvalue weighted by Gasteiger charge is -2.34. The summed E-state index contributed by atoms with van der Waals surface area (Å²) in [6.45, 7) is 5.24. The second-order valence-corrected chi connectivity index (χ2v) is 5.52. The Morgan fingerprint density at radius 2 is 2.20 bits per heavy atom. The van der Waals surface area contributed by atoms with Crippen molar-refractivity contribution >= 4 is 11.6 Å². The summed E-state index contributed by atoms with van der Waals surface area (Å²) in [4.78, 5) is 12.0. The van der Waals surface area contributed by atoms with Gasteiger partial charge in [-0.2, -0.15) is 0 Å². The number of hydrogen-bond donors (Lipinski definition) is 2. The molecule has 20 heavy (non-hydrogen) atoms. The van der Waals surface area contributed by atoms with E-state index in [1.807, 2.05) is 32.0 Å². The van der Waals surface area contributed by atoms with Crippen molar-refractivity contribution in [3.05, 3.63) is 29.3 Å². The molecule has 1 saturated carbocycles. The van der Waals surface area contributed by atoms with Crippen molar-refractivity contribution in [2.75, 3.05) is 11.9 Å². The van der Waals surface area contributed by atoms with E-state index in [4.69, 9.17) is 10.5 Å². The van der Waals surface area contributed by atoms with Crippen LogP contribution in [0.2, 0.25) is 0 Å². The zero-order valence-electron chi connectivity index (χ0n) is 12.3. The molecule has 4 nitrogen and oxygen atoms in total. The van der Waals surface area contributed by atoms with Crippen LogP contribution in [0.4, 0.5) is 5.69 Å². The van der Waals surface area contributed by atoms with Crippen LogP contribution in [0.15, 0.2) is 18.2 Å². The molecule has 1 aliphatic carbocycles. The predicted octanol–water partition coefficient (Wildman–Crippen LogP) is 2.60. The van der Waals surface area contributed by atoms with Gasteiger partial charge in [0.25, 0.3) is 0 Å². The molecule has 3 N–H and O–H groups in total. The van der Waals surface area contributed by atoms with Crippen LogP contribution < -0.4 is 11.1 Å². The molecule has 0 atom stereocenters. The lowest BCUT2D eigenvalue weighted by atomic mass is 9.80. The fourth-order valence-corrected chi connectivity index (χ4v) is 2.61. The Hall–Kier alpha value is -1.39. The summed E-state index contributed by atoms with van der Waals surface area (Å²) in [5.74, 6) is 0.548. The summed E-state index contributed by atoms with van der Waals surface area (Å²) in [6.07, 6.45) is 2.95. The number of benzene rings is 1. The van der Waals surface area contributed by atoms with Gasteiger partial charge < -0.3 is 15.8 Å². The minimum Gasteiger partial charge on any atom is -0.378 e. The largest absolute Gasteiger partial charge is 0.378 e. The van der Waals surface area contributed by atoms with Crippen molar-refractivity contribution in [1.82, 2.24) is 0 Å². The molecule has 0 saturated heterocycles. The van der Waals surface area contributed by atoms with E-state index in [-0.39, 0.29) is 5.91 Å². The third-order valence-corrected chi connectivity index (χ3v) is 3.88. The Bertz CT molecular complexity index is 468. The molecule has 1 aromatic carbocycles. The Kier molecular flexibility index (Phi) is 5.15. The smallest absolute Gasteiger partial charge is 0.224 e. The highest BCUT2D eigenvalue weighted by Gasteiger charge is 2.31. The van der Waals surface area contributed by atoms with Gasteiger partial charge in [0.1, 0.15) is 0 Å². The van der Waals surface area contributed by atoms with E-state index in [0.29, 0.717) is 25.0 Å². The zero-order chi connectivity index (χ0) is 14.5. The highest BCUT2D eigenvalue weighted by Crippen LogP contribution is 2.33. The first kappa shape index (κ1) is 15.0. The summed E-state index contributed by atoms with van der Waals surface area (Å²) in [5.41, 5.74) is 8.60. The average molecular weight is 276 g/mol. The van der Waals surface area contributed by atoms with Crippen molar-refractivity contribution in [1.29, 1.82) is 0 Å². The molecule has 1 aromatic rings. The van der Waals surface area contributed by atoms with Crippen LogP contribution in [0.5, 0.6) is 0 Å². The van der Waals surface area contributed by atoms with E-state index < -0.39 is 0 Å². The van der Waals surface area contributed by atoms with Gasteiger partial charge in [-0.25, -0.2) is 0 Å². The van der Waals surface area contributed by atoms with Crippen molar-refractivity contribution < 1.29 is 9.53 Å². The molecule has 110 valence electrons. The number of nitrogens with one attached hydrogen (secondary N) is 1. The van der Waals surface area contributed by atoms with Gasteiger partial charge in [-0.15, -0.1) is 0 Å². The normalized spacial score (nSPS) is 21.4. The van der Waals surface area contributed by atoms with Gasteiger partial charge in [-0.1, -0.05) is 12.1 Å². The van der Waals surface area contributed by atoms with Gasteiger partial charge in [0.15, 0.2) is 0 Å². The Labute approximate surface area is 120 Å². The van der Waals surface area contributed by atoms with Crippen LogP contribution in [0.3, 0.4) is 0 Å². The number of rotatable bonds is 6. The minimum absolute atomic E-state index is 0.0854. The van der Waals surface area contributed by atoms with E-state index in [0.717, 1.165) is 36.3 Å². The highest BCUT2D eigenvalue weighted by atomic mass is 16.5. The van der Waals surface area contributed by atoms with Crippen LogP contribution in [0, 0.1) is 12.8 Å². The van der Waals surface area contributed by atoms with Crippen LogP contribution in [0.25, 0.3) is 0 Å². The quantitative estimate of drug-likeness (QED) is 0.839. The van der Waals surface area contributed by atoms with Gasteiger partial charge in [0.05, 0.1) is 6.10 Å². The second kappa shape index (κ2) is 6.86. The van der Waals surface area contributed by atoms with Gasteiger partial charge in [0, 0.05) is 25.3 Å². The molecule has 1 fully saturated rings. The number of hydrogen-bond acceptors (Lipinski definition) is 3. The predicted molar refractivity (Wildman–Crippen MR) is 80.5 cm³/mol. The molecule has 0 bridgehead atoms. The Morgan fingerprint density at radius 3 is 2.85 bits per heavy atom. The van der Waals surface area contributed by atoms with Gasteiger partial charge in [-0.05, 0) is 49.8 Å². The van der Waals surface area contributed by atoms with E-state index in [1.165, 1.54) is 0 Å². The van der Waals surface area contributed by atoms with Crippen molar-refractivity contribution in [2.24, 2.45) is 11.7 Å². The average Bonchev–Trinajstić information content (AvgIpc) is 2.39. The summed E-state index contributed by atoms with van der Waals surface area (Å²) >= 11 is 0.